The summed E-state index contributed by atoms with van der Waals surface area (Å²) >= 11 is 0. The van der Waals surface area contributed by atoms with E-state index in [1.807, 2.05) is 0 Å². The Hall–Kier alpha value is -6.31. The smallest absolute Gasteiger partial charge is 0.338 e. The van der Waals surface area contributed by atoms with Crippen molar-refractivity contribution in [2.75, 3.05) is 26.4 Å². The van der Waals surface area contributed by atoms with Crippen LogP contribution in [-0.2, 0) is 57.1 Å². The molecule has 0 aromatic heterocycles. The van der Waals surface area contributed by atoms with Crippen LogP contribution in [0, 0.1) is 16.7 Å². The van der Waals surface area contributed by atoms with Crippen LogP contribution in [0.2, 0.25) is 0 Å². The zero-order valence-corrected chi connectivity index (χ0v) is 39.1. The summed E-state index contributed by atoms with van der Waals surface area (Å²) in [5, 5.41) is 37.8. The minimum Gasteiger partial charge on any atom is -0.459 e. The molecule has 11 atom stereocenters. The number of amides is 1. The fourth-order valence-electron chi connectivity index (χ4n) is 10.7. The number of nitrogens with one attached hydrogen (secondary N) is 1. The second kappa shape index (κ2) is 20.0. The number of rotatable bonds is 15. The Bertz CT molecular complexity index is 2480. The van der Waals surface area contributed by atoms with Crippen LogP contribution in [0.25, 0.3) is 0 Å². The van der Waals surface area contributed by atoms with Gasteiger partial charge in [-0.3, -0.25) is 19.2 Å². The molecule has 7 rings (SSSR count). The van der Waals surface area contributed by atoms with Crippen LogP contribution in [-0.4, -0.2) is 131 Å². The van der Waals surface area contributed by atoms with E-state index in [2.05, 4.69) is 5.32 Å². The molecule has 0 spiro atoms. The predicted octanol–water partition coefficient (Wildman–Crippen LogP) is 3.30. The van der Waals surface area contributed by atoms with Crippen LogP contribution in [0.4, 0.5) is 0 Å². The van der Waals surface area contributed by atoms with Gasteiger partial charge in [-0.1, -0.05) is 80.6 Å². The van der Waals surface area contributed by atoms with Crippen molar-refractivity contribution in [3.63, 3.8) is 0 Å². The van der Waals surface area contributed by atoms with Gasteiger partial charge < -0.3 is 53.8 Å². The number of aliphatic hydroxyl groups excluding tert-OH is 2. The second-order valence-corrected chi connectivity index (χ2v) is 18.6. The van der Waals surface area contributed by atoms with E-state index in [1.54, 1.807) is 78.9 Å². The molecule has 3 fully saturated rings. The van der Waals surface area contributed by atoms with Gasteiger partial charge in [-0.05, 0) is 54.8 Å². The van der Waals surface area contributed by atoms with Crippen molar-refractivity contribution in [3.05, 3.63) is 119 Å². The summed E-state index contributed by atoms with van der Waals surface area (Å²) in [6, 6.07) is 22.6. The van der Waals surface area contributed by atoms with E-state index in [0.717, 1.165) is 13.8 Å². The number of esters is 5. The zero-order chi connectivity index (χ0) is 50.1. The highest BCUT2D eigenvalue weighted by molar-refractivity contribution is 5.96. The molecule has 1 saturated heterocycles. The minimum atomic E-state index is -2.49. The molecular weight excluding hydrogens is 899 g/mol. The molecule has 69 heavy (non-hydrogen) atoms. The van der Waals surface area contributed by atoms with Gasteiger partial charge >= 0.3 is 29.8 Å². The molecule has 1 amide bonds. The maximum atomic E-state index is 16.0. The Morgan fingerprint density at radius 1 is 0.826 bits per heavy atom. The number of fused-ring (bicyclic) bond motifs is 5. The Labute approximate surface area is 398 Å². The number of hydrogen-bond acceptors (Lipinski definition) is 17. The molecule has 1 aliphatic heterocycles. The van der Waals surface area contributed by atoms with E-state index in [0.29, 0.717) is 5.56 Å². The number of ketones is 1. The fourth-order valence-corrected chi connectivity index (χ4v) is 10.7. The van der Waals surface area contributed by atoms with Crippen LogP contribution in [0.15, 0.2) is 102 Å². The van der Waals surface area contributed by atoms with Gasteiger partial charge in [0, 0.05) is 37.7 Å². The zero-order valence-electron chi connectivity index (χ0n) is 39.1. The summed E-state index contributed by atoms with van der Waals surface area (Å²) in [6.07, 6.45) is -11.0. The summed E-state index contributed by atoms with van der Waals surface area (Å²) < 4.78 is 42.0. The number of benzene rings is 3. The van der Waals surface area contributed by atoms with Crippen LogP contribution in [0.5, 0.6) is 0 Å². The van der Waals surface area contributed by atoms with Crippen LogP contribution >= 0.6 is 0 Å². The Kier molecular flexibility index (Phi) is 14.6. The molecule has 3 aromatic carbocycles. The van der Waals surface area contributed by atoms with Crippen molar-refractivity contribution in [1.29, 1.82) is 0 Å². The molecule has 18 nitrogen and oxygen atoms in total. The lowest BCUT2D eigenvalue weighted by molar-refractivity contribution is -0.346. The lowest BCUT2D eigenvalue weighted by Crippen LogP contribution is -2.82. The Morgan fingerprint density at radius 3 is 2.00 bits per heavy atom. The van der Waals surface area contributed by atoms with E-state index in [4.69, 9.17) is 33.2 Å². The van der Waals surface area contributed by atoms with Crippen LogP contribution in [0.1, 0.15) is 86.7 Å². The highest BCUT2D eigenvalue weighted by Crippen LogP contribution is 2.65. The first-order chi connectivity index (χ1) is 32.7. The number of Topliss-reactive ketones (excluding diaryl/α,β-unsaturated/α-hetero) is 1. The molecule has 3 aliphatic carbocycles. The number of hydrogen-bond donors (Lipinski definition) is 4. The molecule has 2 saturated carbocycles. The molecule has 4 N–H and O–H groups in total. The molecule has 368 valence electrons. The molecule has 1 unspecified atom stereocenters. The average molecular weight is 956 g/mol. The van der Waals surface area contributed by atoms with E-state index < -0.39 is 132 Å². The highest BCUT2D eigenvalue weighted by Gasteiger charge is 2.79. The molecular formula is C51H57NO17. The van der Waals surface area contributed by atoms with E-state index in [9.17, 15) is 44.1 Å². The first kappa shape index (κ1) is 50.6. The highest BCUT2D eigenvalue weighted by atomic mass is 16.6. The molecule has 1 heterocycles. The van der Waals surface area contributed by atoms with Crippen molar-refractivity contribution < 1.29 is 82.0 Å². The summed E-state index contributed by atoms with van der Waals surface area (Å²) in [7, 11) is 0. The van der Waals surface area contributed by atoms with E-state index in [1.165, 1.54) is 39.8 Å². The van der Waals surface area contributed by atoms with Gasteiger partial charge in [0.2, 0.25) is 0 Å². The fraction of sp³-hybridized carbons (Fsp3) is 0.471. The Morgan fingerprint density at radius 2 is 1.43 bits per heavy atom. The first-order valence-electron chi connectivity index (χ1n) is 22.6. The van der Waals surface area contributed by atoms with Crippen molar-refractivity contribution in [1.82, 2.24) is 5.32 Å². The summed E-state index contributed by atoms with van der Waals surface area (Å²) in [4.78, 5) is 98.6. The third-order valence-corrected chi connectivity index (χ3v) is 14.2. The van der Waals surface area contributed by atoms with Gasteiger partial charge in [0.1, 0.15) is 36.6 Å². The van der Waals surface area contributed by atoms with Gasteiger partial charge in [0.05, 0.1) is 42.8 Å². The van der Waals surface area contributed by atoms with Gasteiger partial charge in [-0.15, -0.1) is 0 Å². The average Bonchev–Trinajstić information content (AvgIpc) is 3.31. The monoisotopic (exact) mass is 955 g/mol. The van der Waals surface area contributed by atoms with E-state index in [-0.39, 0.29) is 41.9 Å². The number of aliphatic hydroxyl groups is 3. The lowest BCUT2D eigenvalue weighted by Gasteiger charge is -2.67. The van der Waals surface area contributed by atoms with Gasteiger partial charge in [-0.25, -0.2) is 14.4 Å². The third kappa shape index (κ3) is 9.31. The SMILES string of the molecule is CC(=O)O[C@H]1C(=O)[C@@]2(C)C([C@H](OC(=O)c3ccccc3)[C@]3(O)C[C@H](OC(=O)[C@H](O)[C@@H](NC(=O)c4ccccc4)c4ccccc4)C(C)=C1C3(C)C)[C@]1(OC(C)=O)CO[C@@H]1C[C@@H]2OC(=O)COCCO. The Balaban J connectivity index is 1.41. The molecule has 18 heteroatoms. The first-order valence-corrected chi connectivity index (χ1v) is 22.6. The third-order valence-electron chi connectivity index (χ3n) is 14.2. The van der Waals surface area contributed by atoms with Gasteiger partial charge in [0.25, 0.3) is 5.91 Å². The van der Waals surface area contributed by atoms with Crippen molar-refractivity contribution in [3.8, 4) is 0 Å². The molecule has 4 aliphatic rings. The summed E-state index contributed by atoms with van der Waals surface area (Å²) in [6.45, 7) is 6.45. The molecule has 3 aromatic rings. The quantitative estimate of drug-likeness (QED) is 0.0738. The van der Waals surface area contributed by atoms with E-state index >= 15 is 4.79 Å². The normalized spacial score (nSPS) is 29.7. The predicted molar refractivity (Wildman–Crippen MR) is 239 cm³/mol. The summed E-state index contributed by atoms with van der Waals surface area (Å²) in [5.41, 5.74) is -7.64. The topological polar surface area (TPSA) is 257 Å². The second-order valence-electron chi connectivity index (χ2n) is 18.6. The number of carbonyl (C=O) groups is 7. The van der Waals surface area contributed by atoms with Crippen molar-refractivity contribution in [2.45, 2.75) is 108 Å². The van der Waals surface area contributed by atoms with Crippen LogP contribution < -0.4 is 5.32 Å². The minimum absolute atomic E-state index is 0.0212. The standard InChI is InChI=1S/C51H57NO17/c1-28-34(66-47(61)40(57)39(31-16-10-7-11-17-31)52-45(59)32-18-12-8-13-19-32)25-51(62)44(68-46(60)33-20-14-9-15-21-33)42-49(6,43(58)41(65-29(2)54)38(28)48(51,4)5)35(67-37(56)26-63-23-22-53)24-36-50(42,27-64-36)69-30(3)55/h7-21,34-36,39-42,44,53,57,62H,22-27H2,1-6H3,(H,52,59)/t34-,35-,36+,39-,40+,41+,42?,44-,49+,50-,51+/m0/s1. The largest absolute Gasteiger partial charge is 0.459 e. The molecule has 2 bridgehead atoms. The van der Waals surface area contributed by atoms with Crippen LogP contribution in [0.3, 0.4) is 0 Å². The van der Waals surface area contributed by atoms with Crippen molar-refractivity contribution >= 4 is 41.5 Å². The lowest BCUT2D eigenvalue weighted by atomic mass is 9.44. The van der Waals surface area contributed by atoms with Gasteiger partial charge in [0.15, 0.2) is 23.6 Å². The summed E-state index contributed by atoms with van der Waals surface area (Å²) in [5.74, 6) is -8.22. The maximum Gasteiger partial charge on any atom is 0.338 e. The maximum absolute atomic E-state index is 16.0. The van der Waals surface area contributed by atoms with Gasteiger partial charge in [-0.2, -0.15) is 0 Å². The number of ether oxygens (including phenoxy) is 7. The van der Waals surface area contributed by atoms with Crippen molar-refractivity contribution in [2.24, 2.45) is 16.7 Å². The molecule has 0 radical (unpaired) electrons. The number of carbonyl (C=O) groups excluding carboxylic acids is 7.